The first-order valence-electron chi connectivity index (χ1n) is 7.50. The summed E-state index contributed by atoms with van der Waals surface area (Å²) in [4.78, 5) is 23.2. The zero-order chi connectivity index (χ0) is 15.5. The van der Waals surface area contributed by atoms with E-state index in [1.165, 1.54) is 0 Å². The van der Waals surface area contributed by atoms with Gasteiger partial charge in [-0.3, -0.25) is 9.59 Å². The highest BCUT2D eigenvalue weighted by Crippen LogP contribution is 2.07. The van der Waals surface area contributed by atoms with Crippen molar-refractivity contribution in [3.05, 3.63) is 35.9 Å². The second kappa shape index (κ2) is 9.97. The van der Waals surface area contributed by atoms with E-state index in [-0.39, 0.29) is 25.0 Å². The number of benzene rings is 1. The number of ether oxygens (including phenoxy) is 2. The predicted molar refractivity (Wildman–Crippen MR) is 80.6 cm³/mol. The summed E-state index contributed by atoms with van der Waals surface area (Å²) in [6.45, 7) is 4.04. The lowest BCUT2D eigenvalue weighted by Gasteiger charge is -2.13. The number of hydrogen-bond acceptors (Lipinski definition) is 4. The average molecular weight is 292 g/mol. The lowest BCUT2D eigenvalue weighted by molar-refractivity contribution is -0.154. The van der Waals surface area contributed by atoms with Crippen LogP contribution in [0.1, 0.15) is 51.5 Å². The standard InChI is InChI=1S/C17H24O4/c1-3-4-6-11-16(18)21-14(2)12-17(19)20-13-15-9-7-5-8-10-15/h5,7-10,14H,3-4,6,11-13H2,1-2H3/t14-/m0/s1. The monoisotopic (exact) mass is 292 g/mol. The molecule has 0 aromatic heterocycles. The van der Waals surface area contributed by atoms with Crippen LogP contribution in [0.4, 0.5) is 0 Å². The van der Waals surface area contributed by atoms with Gasteiger partial charge in [0, 0.05) is 6.42 Å². The summed E-state index contributed by atoms with van der Waals surface area (Å²) < 4.78 is 10.3. The van der Waals surface area contributed by atoms with E-state index in [1.807, 2.05) is 30.3 Å². The molecule has 4 nitrogen and oxygen atoms in total. The first-order valence-corrected chi connectivity index (χ1v) is 7.50. The molecule has 0 heterocycles. The summed E-state index contributed by atoms with van der Waals surface area (Å²) in [5.74, 6) is -0.598. The Balaban J connectivity index is 2.19. The van der Waals surface area contributed by atoms with Crippen LogP contribution in [0.25, 0.3) is 0 Å². The third-order valence-electron chi connectivity index (χ3n) is 3.01. The molecule has 0 aliphatic heterocycles. The molecule has 116 valence electrons. The lowest BCUT2D eigenvalue weighted by atomic mass is 10.2. The van der Waals surface area contributed by atoms with Crippen molar-refractivity contribution in [1.29, 1.82) is 0 Å². The fraction of sp³-hybridized carbons (Fsp3) is 0.529. The van der Waals surface area contributed by atoms with Crippen LogP contribution in [-0.4, -0.2) is 18.0 Å². The minimum absolute atomic E-state index is 0.0896. The molecule has 4 heteroatoms. The molecule has 0 spiro atoms. The van der Waals surface area contributed by atoms with E-state index < -0.39 is 6.10 Å². The molecule has 0 amide bonds. The first-order chi connectivity index (χ1) is 10.1. The molecular formula is C17H24O4. The highest BCUT2D eigenvalue weighted by molar-refractivity contribution is 5.72. The molecule has 1 rings (SSSR count). The SMILES string of the molecule is CCCCCC(=O)O[C@@H](C)CC(=O)OCc1ccccc1. The van der Waals surface area contributed by atoms with Crippen LogP contribution in [-0.2, 0) is 25.7 Å². The second-order valence-corrected chi connectivity index (χ2v) is 5.11. The van der Waals surface area contributed by atoms with Gasteiger partial charge in [0.25, 0.3) is 0 Å². The highest BCUT2D eigenvalue weighted by atomic mass is 16.6. The van der Waals surface area contributed by atoms with Crippen LogP contribution in [0.5, 0.6) is 0 Å². The maximum atomic E-state index is 11.7. The van der Waals surface area contributed by atoms with Gasteiger partial charge in [-0.2, -0.15) is 0 Å². The molecule has 0 N–H and O–H groups in total. The van der Waals surface area contributed by atoms with Crippen molar-refractivity contribution in [2.75, 3.05) is 0 Å². The molecule has 0 saturated carbocycles. The van der Waals surface area contributed by atoms with Gasteiger partial charge in [-0.05, 0) is 18.9 Å². The van der Waals surface area contributed by atoms with Crippen molar-refractivity contribution in [1.82, 2.24) is 0 Å². The second-order valence-electron chi connectivity index (χ2n) is 5.11. The molecule has 0 bridgehead atoms. The third kappa shape index (κ3) is 8.12. The summed E-state index contributed by atoms with van der Waals surface area (Å²) in [5, 5.41) is 0. The van der Waals surface area contributed by atoms with E-state index >= 15 is 0 Å². The number of esters is 2. The zero-order valence-corrected chi connectivity index (χ0v) is 12.8. The Kier molecular flexibility index (Phi) is 8.17. The Hall–Kier alpha value is -1.84. The Labute approximate surface area is 126 Å². The number of unbranched alkanes of at least 4 members (excludes halogenated alkanes) is 2. The normalized spacial score (nSPS) is 11.7. The molecule has 1 aromatic carbocycles. The Morgan fingerprint density at radius 3 is 2.48 bits per heavy atom. The summed E-state index contributed by atoms with van der Waals surface area (Å²) in [5.41, 5.74) is 0.940. The minimum Gasteiger partial charge on any atom is -0.462 e. The van der Waals surface area contributed by atoms with Crippen LogP contribution >= 0.6 is 0 Å². The van der Waals surface area contributed by atoms with E-state index in [1.54, 1.807) is 6.92 Å². The molecular weight excluding hydrogens is 268 g/mol. The van der Waals surface area contributed by atoms with Crippen LogP contribution in [0.15, 0.2) is 30.3 Å². The molecule has 0 radical (unpaired) electrons. The van der Waals surface area contributed by atoms with Crippen molar-refractivity contribution in [2.45, 2.75) is 58.7 Å². The van der Waals surface area contributed by atoms with Gasteiger partial charge in [0.2, 0.25) is 0 Å². The number of carbonyl (C=O) groups is 2. The molecule has 21 heavy (non-hydrogen) atoms. The van der Waals surface area contributed by atoms with E-state index in [0.717, 1.165) is 24.8 Å². The molecule has 1 aromatic rings. The van der Waals surface area contributed by atoms with E-state index in [9.17, 15) is 9.59 Å². The molecule has 0 fully saturated rings. The van der Waals surface area contributed by atoms with Gasteiger partial charge in [-0.15, -0.1) is 0 Å². The minimum atomic E-state index is -0.442. The maximum Gasteiger partial charge on any atom is 0.309 e. The lowest BCUT2D eigenvalue weighted by Crippen LogP contribution is -2.19. The summed E-state index contributed by atoms with van der Waals surface area (Å²) in [7, 11) is 0. The average Bonchev–Trinajstić information content (AvgIpc) is 2.46. The summed E-state index contributed by atoms with van der Waals surface area (Å²) >= 11 is 0. The van der Waals surface area contributed by atoms with Gasteiger partial charge >= 0.3 is 11.9 Å². The van der Waals surface area contributed by atoms with Gasteiger partial charge in [-0.1, -0.05) is 50.1 Å². The number of carbonyl (C=O) groups excluding carboxylic acids is 2. The Bertz CT molecular complexity index is 428. The fourth-order valence-corrected chi connectivity index (χ4v) is 1.88. The molecule has 0 aliphatic rings. The summed E-state index contributed by atoms with van der Waals surface area (Å²) in [6.07, 6.45) is 2.98. The largest absolute Gasteiger partial charge is 0.462 e. The first kappa shape index (κ1) is 17.2. The Morgan fingerprint density at radius 2 is 1.81 bits per heavy atom. The predicted octanol–water partition coefficient (Wildman–Crippen LogP) is 3.63. The van der Waals surface area contributed by atoms with Crippen molar-refractivity contribution in [3.63, 3.8) is 0 Å². The number of rotatable bonds is 9. The van der Waals surface area contributed by atoms with Crippen LogP contribution in [0.3, 0.4) is 0 Å². The van der Waals surface area contributed by atoms with Crippen molar-refractivity contribution in [2.24, 2.45) is 0 Å². The van der Waals surface area contributed by atoms with Crippen LogP contribution in [0.2, 0.25) is 0 Å². The molecule has 1 atom stereocenters. The topological polar surface area (TPSA) is 52.6 Å². The van der Waals surface area contributed by atoms with Gasteiger partial charge in [0.1, 0.15) is 12.7 Å². The fourth-order valence-electron chi connectivity index (χ4n) is 1.88. The van der Waals surface area contributed by atoms with Crippen LogP contribution in [0, 0.1) is 0 Å². The zero-order valence-electron chi connectivity index (χ0n) is 12.8. The smallest absolute Gasteiger partial charge is 0.309 e. The van der Waals surface area contributed by atoms with Gasteiger partial charge < -0.3 is 9.47 Å². The van der Waals surface area contributed by atoms with Crippen molar-refractivity contribution in [3.8, 4) is 0 Å². The van der Waals surface area contributed by atoms with Gasteiger partial charge in [-0.25, -0.2) is 0 Å². The van der Waals surface area contributed by atoms with Crippen LogP contribution < -0.4 is 0 Å². The quantitative estimate of drug-likeness (QED) is 0.515. The van der Waals surface area contributed by atoms with Crippen molar-refractivity contribution < 1.29 is 19.1 Å². The summed E-state index contributed by atoms with van der Waals surface area (Å²) in [6, 6.07) is 9.48. The molecule has 0 unspecified atom stereocenters. The third-order valence-corrected chi connectivity index (χ3v) is 3.01. The highest BCUT2D eigenvalue weighted by Gasteiger charge is 2.14. The maximum absolute atomic E-state index is 11.7. The van der Waals surface area contributed by atoms with Gasteiger partial charge in [0.05, 0.1) is 6.42 Å². The molecule has 0 aliphatic carbocycles. The molecule has 0 saturated heterocycles. The van der Waals surface area contributed by atoms with Gasteiger partial charge in [0.15, 0.2) is 0 Å². The van der Waals surface area contributed by atoms with Crippen molar-refractivity contribution >= 4 is 11.9 Å². The number of hydrogen-bond donors (Lipinski definition) is 0. The van der Waals surface area contributed by atoms with E-state index in [2.05, 4.69) is 6.92 Å². The van der Waals surface area contributed by atoms with E-state index in [4.69, 9.17) is 9.47 Å². The Morgan fingerprint density at radius 1 is 1.10 bits per heavy atom. The van der Waals surface area contributed by atoms with E-state index in [0.29, 0.717) is 6.42 Å².